The van der Waals surface area contributed by atoms with E-state index in [0.29, 0.717) is 34.1 Å². The van der Waals surface area contributed by atoms with Crippen molar-refractivity contribution in [3.63, 3.8) is 0 Å². The van der Waals surface area contributed by atoms with E-state index in [9.17, 15) is 16.8 Å². The molecule has 0 saturated carbocycles. The third-order valence-electron chi connectivity index (χ3n) is 4.53. The number of anilines is 2. The van der Waals surface area contributed by atoms with E-state index in [1.54, 1.807) is 53.0 Å². The molecule has 8 nitrogen and oxygen atoms in total. The van der Waals surface area contributed by atoms with Crippen molar-refractivity contribution in [2.24, 2.45) is 0 Å². The molecule has 0 unspecified atom stereocenters. The van der Waals surface area contributed by atoms with E-state index in [0.717, 1.165) is 0 Å². The van der Waals surface area contributed by atoms with Gasteiger partial charge < -0.3 is 5.32 Å². The van der Waals surface area contributed by atoms with Crippen molar-refractivity contribution in [2.75, 3.05) is 17.8 Å². The van der Waals surface area contributed by atoms with E-state index < -0.39 is 19.7 Å². The summed E-state index contributed by atoms with van der Waals surface area (Å²) in [5.74, 6) is 0.283. The quantitative estimate of drug-likeness (QED) is 0.475. The zero-order valence-electron chi connectivity index (χ0n) is 16.8. The molecule has 2 aromatic carbocycles. The molecule has 0 spiro atoms. The SMILES string of the molecule is CS(=O)(=O)Cc1cccc(Nc2nc3cccc(-c4cccc(S(C)(=O)=O)c4)n3n2)c1. The lowest BCUT2D eigenvalue weighted by molar-refractivity contribution is 0.599. The molecular weight excluding hydrogens is 436 g/mol. The Kier molecular flexibility index (Phi) is 5.28. The van der Waals surface area contributed by atoms with E-state index in [1.807, 2.05) is 18.2 Å². The Morgan fingerprint density at radius 3 is 2.39 bits per heavy atom. The van der Waals surface area contributed by atoms with E-state index in [1.165, 1.54) is 12.5 Å². The number of aromatic nitrogens is 3. The molecule has 160 valence electrons. The maximum atomic E-state index is 11.9. The lowest BCUT2D eigenvalue weighted by Crippen LogP contribution is -2.01. The molecule has 0 aliphatic rings. The summed E-state index contributed by atoms with van der Waals surface area (Å²) in [4.78, 5) is 4.70. The highest BCUT2D eigenvalue weighted by molar-refractivity contribution is 7.90. The minimum atomic E-state index is -3.34. The summed E-state index contributed by atoms with van der Waals surface area (Å²) in [7, 11) is -6.48. The summed E-state index contributed by atoms with van der Waals surface area (Å²) >= 11 is 0. The Hall–Kier alpha value is -3.24. The van der Waals surface area contributed by atoms with Crippen LogP contribution in [-0.4, -0.2) is 43.9 Å². The lowest BCUT2D eigenvalue weighted by atomic mass is 10.1. The van der Waals surface area contributed by atoms with Gasteiger partial charge in [0.25, 0.3) is 0 Å². The number of rotatable bonds is 6. The van der Waals surface area contributed by atoms with Crippen LogP contribution >= 0.6 is 0 Å². The zero-order chi connectivity index (χ0) is 22.2. The van der Waals surface area contributed by atoms with Crippen molar-refractivity contribution in [1.29, 1.82) is 0 Å². The molecule has 2 aromatic heterocycles. The van der Waals surface area contributed by atoms with Crippen molar-refractivity contribution < 1.29 is 16.8 Å². The van der Waals surface area contributed by atoms with Crippen molar-refractivity contribution in [2.45, 2.75) is 10.6 Å². The first-order valence-corrected chi connectivity index (χ1v) is 13.2. The Labute approximate surface area is 180 Å². The Morgan fingerprint density at radius 1 is 0.903 bits per heavy atom. The molecule has 0 radical (unpaired) electrons. The summed E-state index contributed by atoms with van der Waals surface area (Å²) in [6, 6.07) is 19.2. The minimum absolute atomic E-state index is 0.0536. The molecule has 4 aromatic rings. The number of nitrogens with one attached hydrogen (secondary N) is 1. The predicted octanol–water partition coefficient (Wildman–Crippen LogP) is 3.09. The average molecular weight is 457 g/mol. The predicted molar refractivity (Wildman–Crippen MR) is 120 cm³/mol. The Balaban J connectivity index is 1.70. The average Bonchev–Trinajstić information content (AvgIpc) is 3.08. The van der Waals surface area contributed by atoms with Crippen molar-refractivity contribution in [1.82, 2.24) is 14.6 Å². The van der Waals surface area contributed by atoms with E-state index in [2.05, 4.69) is 15.4 Å². The summed E-state index contributed by atoms with van der Waals surface area (Å²) in [5, 5.41) is 7.61. The van der Waals surface area contributed by atoms with Gasteiger partial charge in [0.2, 0.25) is 5.95 Å². The first-order valence-electron chi connectivity index (χ1n) is 9.28. The van der Waals surface area contributed by atoms with Crippen LogP contribution in [0.3, 0.4) is 0 Å². The van der Waals surface area contributed by atoms with Gasteiger partial charge in [-0.3, -0.25) is 0 Å². The van der Waals surface area contributed by atoms with Gasteiger partial charge in [-0.05, 0) is 42.0 Å². The first kappa shape index (κ1) is 21.0. The minimum Gasteiger partial charge on any atom is -0.323 e. The number of sulfone groups is 2. The summed E-state index contributed by atoms with van der Waals surface area (Å²) < 4.78 is 48.6. The molecule has 2 heterocycles. The molecule has 0 aliphatic heterocycles. The molecule has 0 aliphatic carbocycles. The Bertz CT molecular complexity index is 1490. The second kappa shape index (κ2) is 7.78. The van der Waals surface area contributed by atoms with E-state index >= 15 is 0 Å². The molecule has 0 fully saturated rings. The van der Waals surface area contributed by atoms with Crippen LogP contribution in [0.25, 0.3) is 16.9 Å². The van der Waals surface area contributed by atoms with Crippen LogP contribution in [0.2, 0.25) is 0 Å². The monoisotopic (exact) mass is 456 g/mol. The molecule has 0 atom stereocenters. The van der Waals surface area contributed by atoms with Crippen LogP contribution in [0.4, 0.5) is 11.6 Å². The van der Waals surface area contributed by atoms with Crippen molar-refractivity contribution in [3.8, 4) is 11.3 Å². The summed E-state index contributed by atoms with van der Waals surface area (Å²) in [6.07, 6.45) is 2.36. The standard InChI is InChI=1S/C21H20N4O4S2/c1-30(26,27)14-15-6-3-8-17(12-15)22-21-23-20-11-5-10-19(25(20)24-21)16-7-4-9-18(13-16)31(2,28)29/h3-13H,14H2,1-2H3,(H,22,24). The van der Waals surface area contributed by atoms with Gasteiger partial charge in [-0.25, -0.2) is 21.4 Å². The van der Waals surface area contributed by atoms with Crippen LogP contribution in [0.1, 0.15) is 5.56 Å². The number of hydrogen-bond donors (Lipinski definition) is 1. The molecule has 0 bridgehead atoms. The maximum absolute atomic E-state index is 11.9. The summed E-state index contributed by atoms with van der Waals surface area (Å²) in [5.41, 5.74) is 3.29. The van der Waals surface area contributed by atoms with Crippen LogP contribution in [-0.2, 0) is 25.4 Å². The highest BCUT2D eigenvalue weighted by atomic mass is 32.2. The number of benzene rings is 2. The third-order valence-corrected chi connectivity index (χ3v) is 6.50. The largest absolute Gasteiger partial charge is 0.323 e. The van der Waals surface area contributed by atoms with Gasteiger partial charge in [0, 0.05) is 23.8 Å². The van der Waals surface area contributed by atoms with Crippen LogP contribution in [0.5, 0.6) is 0 Å². The molecule has 4 rings (SSSR count). The Morgan fingerprint density at radius 2 is 1.65 bits per heavy atom. The smallest absolute Gasteiger partial charge is 0.247 e. The normalized spacial score (nSPS) is 12.2. The van der Waals surface area contributed by atoms with Gasteiger partial charge >= 0.3 is 0 Å². The van der Waals surface area contributed by atoms with E-state index in [4.69, 9.17) is 0 Å². The fourth-order valence-corrected chi connectivity index (χ4v) is 4.69. The number of hydrogen-bond acceptors (Lipinski definition) is 7. The molecule has 0 saturated heterocycles. The van der Waals surface area contributed by atoms with Gasteiger partial charge in [-0.15, -0.1) is 5.10 Å². The van der Waals surface area contributed by atoms with Gasteiger partial charge in [-0.1, -0.05) is 30.3 Å². The van der Waals surface area contributed by atoms with Crippen LogP contribution in [0.15, 0.2) is 71.6 Å². The third kappa shape index (κ3) is 4.92. The summed E-state index contributed by atoms with van der Waals surface area (Å²) in [6.45, 7) is 0. The number of pyridine rings is 1. The second-order valence-electron chi connectivity index (χ2n) is 7.31. The van der Waals surface area contributed by atoms with E-state index in [-0.39, 0.29) is 10.6 Å². The lowest BCUT2D eigenvalue weighted by Gasteiger charge is -2.06. The highest BCUT2D eigenvalue weighted by Gasteiger charge is 2.13. The van der Waals surface area contributed by atoms with Gasteiger partial charge in [0.15, 0.2) is 25.3 Å². The second-order valence-corrected chi connectivity index (χ2v) is 11.5. The molecular formula is C21H20N4O4S2. The molecule has 31 heavy (non-hydrogen) atoms. The van der Waals surface area contributed by atoms with Crippen LogP contribution in [0, 0.1) is 0 Å². The fraction of sp³-hybridized carbons (Fsp3) is 0.143. The molecule has 10 heteroatoms. The van der Waals surface area contributed by atoms with Crippen LogP contribution < -0.4 is 5.32 Å². The first-order chi connectivity index (χ1) is 14.6. The highest BCUT2D eigenvalue weighted by Crippen LogP contribution is 2.24. The van der Waals surface area contributed by atoms with Gasteiger partial charge in [-0.2, -0.15) is 4.98 Å². The molecule has 0 amide bonds. The molecule has 1 N–H and O–H groups in total. The fourth-order valence-electron chi connectivity index (χ4n) is 3.23. The van der Waals surface area contributed by atoms with Crippen molar-refractivity contribution in [3.05, 3.63) is 72.3 Å². The number of nitrogens with zero attached hydrogens (tertiary/aromatic N) is 3. The zero-order valence-corrected chi connectivity index (χ0v) is 18.5. The maximum Gasteiger partial charge on any atom is 0.247 e. The van der Waals surface area contributed by atoms with Gasteiger partial charge in [0.05, 0.1) is 16.3 Å². The van der Waals surface area contributed by atoms with Crippen molar-refractivity contribution >= 4 is 37.0 Å². The topological polar surface area (TPSA) is 110 Å². The number of fused-ring (bicyclic) bond motifs is 1. The van der Waals surface area contributed by atoms with Gasteiger partial charge in [0.1, 0.15) is 0 Å².